The number of nitrogens with zero attached hydrogens (tertiary/aromatic N) is 1. The monoisotopic (exact) mass is 140 g/mol. The molecule has 0 aromatic heterocycles. The summed E-state index contributed by atoms with van der Waals surface area (Å²) in [4.78, 5) is 0. The highest BCUT2D eigenvalue weighted by molar-refractivity contribution is 4.84. The molecule has 2 nitrogen and oxygen atoms in total. The molecule has 0 bridgehead atoms. The van der Waals surface area contributed by atoms with Crippen molar-refractivity contribution < 1.29 is 0 Å². The molecule has 0 heterocycles. The largest absolute Gasteiger partial charge is 0.302 e. The standard InChI is InChI=1S/C8H16N2/c1-3-4-5-6-10-8(2)7-9/h8,10H,3-6H2,1-2H3. The Balaban J connectivity index is 2.98. The lowest BCUT2D eigenvalue weighted by molar-refractivity contribution is 0.589. The van der Waals surface area contributed by atoms with E-state index in [1.165, 1.54) is 19.3 Å². The van der Waals surface area contributed by atoms with Crippen molar-refractivity contribution in [2.24, 2.45) is 0 Å². The predicted molar refractivity (Wildman–Crippen MR) is 42.6 cm³/mol. The Morgan fingerprint density at radius 1 is 1.50 bits per heavy atom. The number of nitriles is 1. The molecule has 58 valence electrons. The molecular weight excluding hydrogens is 124 g/mol. The molecule has 0 saturated heterocycles. The third kappa shape index (κ3) is 5.58. The summed E-state index contributed by atoms with van der Waals surface area (Å²) in [6.07, 6.45) is 3.68. The van der Waals surface area contributed by atoms with Crippen molar-refractivity contribution in [1.82, 2.24) is 5.32 Å². The molecule has 0 aliphatic carbocycles. The van der Waals surface area contributed by atoms with Gasteiger partial charge in [-0.2, -0.15) is 5.26 Å². The lowest BCUT2D eigenvalue weighted by Crippen LogP contribution is -2.25. The number of rotatable bonds is 5. The average molecular weight is 140 g/mol. The van der Waals surface area contributed by atoms with Crippen molar-refractivity contribution in [2.75, 3.05) is 6.54 Å². The van der Waals surface area contributed by atoms with Crippen LogP contribution in [0.4, 0.5) is 0 Å². The van der Waals surface area contributed by atoms with Gasteiger partial charge in [0.1, 0.15) is 0 Å². The van der Waals surface area contributed by atoms with Crippen LogP contribution >= 0.6 is 0 Å². The molecule has 0 amide bonds. The molecule has 0 aromatic carbocycles. The maximum absolute atomic E-state index is 8.38. The maximum atomic E-state index is 8.38. The van der Waals surface area contributed by atoms with Gasteiger partial charge in [-0.25, -0.2) is 0 Å². The molecule has 0 aliphatic rings. The van der Waals surface area contributed by atoms with E-state index in [0.29, 0.717) is 0 Å². The first-order chi connectivity index (χ1) is 4.81. The summed E-state index contributed by atoms with van der Waals surface area (Å²) in [6.45, 7) is 5.03. The Morgan fingerprint density at radius 2 is 2.20 bits per heavy atom. The zero-order chi connectivity index (χ0) is 7.82. The van der Waals surface area contributed by atoms with Crippen LogP contribution in [0, 0.1) is 11.3 Å². The fraction of sp³-hybridized carbons (Fsp3) is 0.875. The van der Waals surface area contributed by atoms with Gasteiger partial charge in [0.2, 0.25) is 0 Å². The second-order valence-electron chi connectivity index (χ2n) is 2.51. The van der Waals surface area contributed by atoms with Gasteiger partial charge in [-0.05, 0) is 19.9 Å². The van der Waals surface area contributed by atoms with Crippen LogP contribution in [-0.4, -0.2) is 12.6 Å². The number of hydrogen-bond acceptors (Lipinski definition) is 2. The van der Waals surface area contributed by atoms with Gasteiger partial charge in [0.05, 0.1) is 12.1 Å². The van der Waals surface area contributed by atoms with Crippen LogP contribution in [0.25, 0.3) is 0 Å². The Hall–Kier alpha value is -0.550. The molecule has 0 spiro atoms. The van der Waals surface area contributed by atoms with E-state index in [0.717, 1.165) is 6.54 Å². The lowest BCUT2D eigenvalue weighted by atomic mass is 10.2. The van der Waals surface area contributed by atoms with Crippen LogP contribution in [0.15, 0.2) is 0 Å². The van der Waals surface area contributed by atoms with Gasteiger partial charge in [0, 0.05) is 0 Å². The molecule has 1 atom stereocenters. The number of unbranched alkanes of at least 4 members (excludes halogenated alkanes) is 2. The highest BCUT2D eigenvalue weighted by atomic mass is 14.9. The van der Waals surface area contributed by atoms with E-state index < -0.39 is 0 Å². The number of nitrogens with one attached hydrogen (secondary N) is 1. The van der Waals surface area contributed by atoms with Gasteiger partial charge in [-0.1, -0.05) is 19.8 Å². The Bertz CT molecular complexity index is 104. The van der Waals surface area contributed by atoms with Gasteiger partial charge in [-0.15, -0.1) is 0 Å². The van der Waals surface area contributed by atoms with Crippen molar-refractivity contribution in [3.8, 4) is 6.07 Å². The smallest absolute Gasteiger partial charge is 0.0924 e. The first-order valence-corrected chi connectivity index (χ1v) is 3.94. The summed E-state index contributed by atoms with van der Waals surface area (Å²) in [6, 6.07) is 2.14. The van der Waals surface area contributed by atoms with Crippen LogP contribution in [0.5, 0.6) is 0 Å². The first-order valence-electron chi connectivity index (χ1n) is 3.94. The van der Waals surface area contributed by atoms with E-state index in [9.17, 15) is 0 Å². The zero-order valence-electron chi connectivity index (χ0n) is 6.85. The molecule has 0 aromatic rings. The molecule has 0 aliphatic heterocycles. The molecule has 1 N–H and O–H groups in total. The fourth-order valence-corrected chi connectivity index (χ4v) is 0.739. The topological polar surface area (TPSA) is 35.8 Å². The minimum atomic E-state index is 0.0110. The molecular formula is C8H16N2. The Labute approximate surface area is 63.2 Å². The molecule has 2 heteroatoms. The molecule has 0 fully saturated rings. The minimum absolute atomic E-state index is 0.0110. The van der Waals surface area contributed by atoms with Crippen LogP contribution in [0.2, 0.25) is 0 Å². The Kier molecular flexibility index (Phi) is 6.21. The molecule has 0 radical (unpaired) electrons. The highest BCUT2D eigenvalue weighted by Gasteiger charge is 1.94. The van der Waals surface area contributed by atoms with Crippen molar-refractivity contribution in [2.45, 2.75) is 39.2 Å². The van der Waals surface area contributed by atoms with E-state index in [2.05, 4.69) is 18.3 Å². The predicted octanol–water partition coefficient (Wildman–Crippen LogP) is 1.68. The first kappa shape index (κ1) is 9.45. The second kappa shape index (κ2) is 6.57. The normalized spacial score (nSPS) is 12.5. The summed E-state index contributed by atoms with van der Waals surface area (Å²) in [7, 11) is 0. The zero-order valence-corrected chi connectivity index (χ0v) is 6.85. The van der Waals surface area contributed by atoms with Gasteiger partial charge in [0.25, 0.3) is 0 Å². The summed E-state index contributed by atoms with van der Waals surface area (Å²) in [5.41, 5.74) is 0. The van der Waals surface area contributed by atoms with E-state index in [1.54, 1.807) is 0 Å². The van der Waals surface area contributed by atoms with E-state index in [-0.39, 0.29) is 6.04 Å². The lowest BCUT2D eigenvalue weighted by Gasteiger charge is -2.03. The summed E-state index contributed by atoms with van der Waals surface area (Å²) in [5.74, 6) is 0. The average Bonchev–Trinajstić information content (AvgIpc) is 1.98. The molecule has 0 saturated carbocycles. The second-order valence-corrected chi connectivity index (χ2v) is 2.51. The van der Waals surface area contributed by atoms with Crippen LogP contribution in [-0.2, 0) is 0 Å². The third-order valence-corrected chi connectivity index (χ3v) is 1.42. The van der Waals surface area contributed by atoms with Gasteiger partial charge >= 0.3 is 0 Å². The Morgan fingerprint density at radius 3 is 2.70 bits per heavy atom. The fourth-order valence-electron chi connectivity index (χ4n) is 0.739. The van der Waals surface area contributed by atoms with Gasteiger partial charge in [-0.3, -0.25) is 0 Å². The third-order valence-electron chi connectivity index (χ3n) is 1.42. The molecule has 1 unspecified atom stereocenters. The summed E-state index contributed by atoms with van der Waals surface area (Å²) in [5, 5.41) is 11.5. The molecule has 10 heavy (non-hydrogen) atoms. The SMILES string of the molecule is CCCCCNC(C)C#N. The molecule has 0 rings (SSSR count). The maximum Gasteiger partial charge on any atom is 0.0924 e. The van der Waals surface area contributed by atoms with Crippen LogP contribution in [0.1, 0.15) is 33.1 Å². The van der Waals surface area contributed by atoms with E-state index >= 15 is 0 Å². The van der Waals surface area contributed by atoms with Gasteiger partial charge in [0.15, 0.2) is 0 Å². The van der Waals surface area contributed by atoms with Crippen LogP contribution in [0.3, 0.4) is 0 Å². The summed E-state index contributed by atoms with van der Waals surface area (Å²) < 4.78 is 0. The van der Waals surface area contributed by atoms with E-state index in [1.807, 2.05) is 6.92 Å². The minimum Gasteiger partial charge on any atom is -0.302 e. The quantitative estimate of drug-likeness (QED) is 0.590. The highest BCUT2D eigenvalue weighted by Crippen LogP contribution is 1.91. The van der Waals surface area contributed by atoms with Crippen molar-refractivity contribution in [3.05, 3.63) is 0 Å². The summed E-state index contributed by atoms with van der Waals surface area (Å²) >= 11 is 0. The van der Waals surface area contributed by atoms with Crippen LogP contribution < -0.4 is 5.32 Å². The number of hydrogen-bond donors (Lipinski definition) is 1. The van der Waals surface area contributed by atoms with E-state index in [4.69, 9.17) is 5.26 Å². The van der Waals surface area contributed by atoms with Gasteiger partial charge < -0.3 is 5.32 Å². The van der Waals surface area contributed by atoms with Crippen molar-refractivity contribution >= 4 is 0 Å². The van der Waals surface area contributed by atoms with Crippen molar-refractivity contribution in [3.63, 3.8) is 0 Å². The van der Waals surface area contributed by atoms with Crippen molar-refractivity contribution in [1.29, 1.82) is 5.26 Å².